The molecule has 0 aromatic heterocycles. The molecule has 2 aliphatic carbocycles. The minimum Gasteiger partial charge on any atom is -0.310 e. The Labute approximate surface area is 345 Å². The molecule has 0 unspecified atom stereocenters. The van der Waals surface area contributed by atoms with E-state index in [0.717, 1.165) is 11.4 Å². The second-order valence-corrected chi connectivity index (χ2v) is 16.9. The van der Waals surface area contributed by atoms with E-state index in [-0.39, 0.29) is 5.41 Å². The van der Waals surface area contributed by atoms with E-state index in [1.54, 1.807) is 0 Å². The Hall–Kier alpha value is -7.22. The van der Waals surface area contributed by atoms with Crippen LogP contribution in [0.5, 0.6) is 0 Å². The zero-order chi connectivity index (χ0) is 39.3. The van der Waals surface area contributed by atoms with Crippen molar-refractivity contribution in [2.24, 2.45) is 0 Å². The highest BCUT2D eigenvalue weighted by atomic mass is 15.1. The third-order valence-corrected chi connectivity index (χ3v) is 13.5. The molecule has 0 N–H and O–H groups in total. The summed E-state index contributed by atoms with van der Waals surface area (Å²) in [5.74, 6) is 0. The van der Waals surface area contributed by atoms with Gasteiger partial charge in [-0.15, -0.1) is 0 Å². The molecule has 0 heterocycles. The van der Waals surface area contributed by atoms with Crippen molar-refractivity contribution >= 4 is 49.4 Å². The minimum atomic E-state index is -0.476. The van der Waals surface area contributed by atoms with Gasteiger partial charge in [-0.05, 0) is 119 Å². The van der Waals surface area contributed by atoms with Crippen molar-refractivity contribution in [3.8, 4) is 22.3 Å². The van der Waals surface area contributed by atoms with Crippen molar-refractivity contribution in [2.45, 2.75) is 24.7 Å². The molecular formula is C58H41N. The summed E-state index contributed by atoms with van der Waals surface area (Å²) in [6, 6.07) is 79.4. The molecule has 0 radical (unpaired) electrons. The quantitative estimate of drug-likeness (QED) is 0.162. The molecule has 2 aliphatic rings. The van der Waals surface area contributed by atoms with Gasteiger partial charge < -0.3 is 4.90 Å². The fourth-order valence-corrected chi connectivity index (χ4v) is 10.8. The minimum absolute atomic E-state index is 0.152. The molecule has 1 spiro atoms. The second kappa shape index (κ2) is 12.6. The molecule has 1 nitrogen and oxygen atoms in total. The molecule has 0 saturated carbocycles. The maximum Gasteiger partial charge on any atom is 0.0720 e. The van der Waals surface area contributed by atoms with Gasteiger partial charge >= 0.3 is 0 Å². The maximum atomic E-state index is 2.51. The van der Waals surface area contributed by atoms with Crippen LogP contribution in [-0.4, -0.2) is 0 Å². The third kappa shape index (κ3) is 4.79. The van der Waals surface area contributed by atoms with E-state index in [1.807, 2.05) is 0 Å². The molecule has 0 atom stereocenters. The van der Waals surface area contributed by atoms with Gasteiger partial charge in [0.05, 0.1) is 11.1 Å². The van der Waals surface area contributed by atoms with Crippen LogP contribution < -0.4 is 4.90 Å². The topological polar surface area (TPSA) is 3.24 Å². The molecule has 10 aromatic rings. The number of anilines is 3. The largest absolute Gasteiger partial charge is 0.310 e. The van der Waals surface area contributed by atoms with Crippen LogP contribution in [0, 0.1) is 0 Å². The first kappa shape index (κ1) is 33.9. The van der Waals surface area contributed by atoms with Gasteiger partial charge in [-0.25, -0.2) is 0 Å². The molecule has 0 amide bonds. The lowest BCUT2D eigenvalue weighted by atomic mass is 9.55. The zero-order valence-corrected chi connectivity index (χ0v) is 33.2. The van der Waals surface area contributed by atoms with Crippen molar-refractivity contribution < 1.29 is 0 Å². The molecule has 0 fully saturated rings. The van der Waals surface area contributed by atoms with Gasteiger partial charge in [-0.1, -0.05) is 190 Å². The zero-order valence-electron chi connectivity index (χ0n) is 33.2. The molecule has 0 bridgehead atoms. The Morgan fingerprint density at radius 3 is 1.66 bits per heavy atom. The molecule has 0 saturated heterocycles. The third-order valence-electron chi connectivity index (χ3n) is 13.5. The first-order chi connectivity index (χ1) is 29.0. The van der Waals surface area contributed by atoms with Crippen molar-refractivity contribution in [3.63, 3.8) is 0 Å². The van der Waals surface area contributed by atoms with Crippen LogP contribution in [-0.2, 0) is 10.8 Å². The predicted molar refractivity (Wildman–Crippen MR) is 249 cm³/mol. The number of hydrogen-bond acceptors (Lipinski definition) is 1. The van der Waals surface area contributed by atoms with Gasteiger partial charge in [-0.3, -0.25) is 0 Å². The lowest BCUT2D eigenvalue weighted by Crippen LogP contribution is -2.40. The molecular weight excluding hydrogens is 711 g/mol. The average Bonchev–Trinajstić information content (AvgIpc) is 3.60. The van der Waals surface area contributed by atoms with Crippen LogP contribution in [0.4, 0.5) is 17.1 Å². The van der Waals surface area contributed by atoms with E-state index in [4.69, 9.17) is 0 Å². The molecule has 12 rings (SSSR count). The van der Waals surface area contributed by atoms with Crippen LogP contribution >= 0.6 is 0 Å². The van der Waals surface area contributed by atoms with Crippen LogP contribution in [0.3, 0.4) is 0 Å². The summed E-state index contributed by atoms with van der Waals surface area (Å²) in [6.07, 6.45) is 0. The van der Waals surface area contributed by atoms with Crippen LogP contribution in [0.1, 0.15) is 47.2 Å². The Bertz CT molecular complexity index is 3270. The normalized spacial score (nSPS) is 14.2. The summed E-state index contributed by atoms with van der Waals surface area (Å²) < 4.78 is 0. The predicted octanol–water partition coefficient (Wildman–Crippen LogP) is 15.3. The molecule has 10 aromatic carbocycles. The van der Waals surface area contributed by atoms with Crippen LogP contribution in [0.15, 0.2) is 212 Å². The molecule has 0 aliphatic heterocycles. The number of nitrogens with zero attached hydrogens (tertiary/aromatic N) is 1. The Balaban J connectivity index is 1.14. The van der Waals surface area contributed by atoms with Crippen LogP contribution in [0.25, 0.3) is 54.6 Å². The summed E-state index contributed by atoms with van der Waals surface area (Å²) in [4.78, 5) is 2.51. The lowest BCUT2D eigenvalue weighted by Gasteiger charge is -2.46. The van der Waals surface area contributed by atoms with Crippen molar-refractivity contribution in [1.29, 1.82) is 0 Å². The van der Waals surface area contributed by atoms with Gasteiger partial charge in [-0.2, -0.15) is 0 Å². The number of benzene rings is 10. The first-order valence-electron chi connectivity index (χ1n) is 20.8. The highest BCUT2D eigenvalue weighted by molar-refractivity contribution is 6.09. The first-order valence-corrected chi connectivity index (χ1v) is 20.8. The average molecular weight is 752 g/mol. The lowest BCUT2D eigenvalue weighted by molar-refractivity contribution is 0.563. The Kier molecular flexibility index (Phi) is 7.26. The van der Waals surface area contributed by atoms with Crippen molar-refractivity contribution in [2.75, 3.05) is 4.90 Å². The number of hydrogen-bond donors (Lipinski definition) is 0. The summed E-state index contributed by atoms with van der Waals surface area (Å²) in [6.45, 7) is 4.78. The molecule has 1 heteroatoms. The standard InChI is InChI=1S/C58H41N/c1-57(2)50-21-10-12-23-52(50)58(53-24-13-11-22-51(53)57)49-20-9-8-19-48(49)56-54(58)25-14-26-55(56)59(45-33-34-47-43(37-45)30-27-39-17-6-7-18-46(39)47)44-32-31-41-35-40(28-29-42(41)36-44)38-15-4-3-5-16-38/h3-37H,1-2H3. The second-order valence-electron chi connectivity index (χ2n) is 16.9. The maximum absolute atomic E-state index is 2.51. The van der Waals surface area contributed by atoms with Gasteiger partial charge in [0.2, 0.25) is 0 Å². The summed E-state index contributed by atoms with van der Waals surface area (Å²) in [5.41, 5.74) is 16.0. The SMILES string of the molecule is CC1(C)c2ccccc2C2(c3ccccc3-c3c(N(c4ccc5cc(-c6ccccc6)ccc5c4)c4ccc5c(ccc6ccccc65)c4)cccc32)c2ccccc21. The fraction of sp³-hybridized carbons (Fsp3) is 0.0690. The monoisotopic (exact) mass is 751 g/mol. The van der Waals surface area contributed by atoms with E-state index in [0.29, 0.717) is 0 Å². The van der Waals surface area contributed by atoms with Crippen molar-refractivity contribution in [3.05, 3.63) is 246 Å². The van der Waals surface area contributed by atoms with E-state index < -0.39 is 5.41 Å². The van der Waals surface area contributed by atoms with E-state index in [2.05, 4.69) is 231 Å². The van der Waals surface area contributed by atoms with Crippen LogP contribution in [0.2, 0.25) is 0 Å². The van der Waals surface area contributed by atoms with E-state index >= 15 is 0 Å². The summed E-state index contributed by atoms with van der Waals surface area (Å²) in [5, 5.41) is 7.45. The molecule has 278 valence electrons. The number of fused-ring (bicyclic) bond motifs is 13. The van der Waals surface area contributed by atoms with Gasteiger partial charge in [0, 0.05) is 22.4 Å². The summed E-state index contributed by atoms with van der Waals surface area (Å²) in [7, 11) is 0. The Morgan fingerprint density at radius 1 is 0.339 bits per heavy atom. The van der Waals surface area contributed by atoms with E-state index in [1.165, 1.54) is 93.6 Å². The number of rotatable bonds is 4. The van der Waals surface area contributed by atoms with Crippen molar-refractivity contribution in [1.82, 2.24) is 0 Å². The fourth-order valence-electron chi connectivity index (χ4n) is 10.8. The Morgan fingerprint density at radius 2 is 0.881 bits per heavy atom. The summed E-state index contributed by atoms with van der Waals surface area (Å²) >= 11 is 0. The highest BCUT2D eigenvalue weighted by Gasteiger charge is 2.53. The molecule has 59 heavy (non-hydrogen) atoms. The smallest absolute Gasteiger partial charge is 0.0720 e. The highest BCUT2D eigenvalue weighted by Crippen LogP contribution is 2.64. The van der Waals surface area contributed by atoms with Gasteiger partial charge in [0.15, 0.2) is 0 Å². The van der Waals surface area contributed by atoms with Gasteiger partial charge in [0.25, 0.3) is 0 Å². The van der Waals surface area contributed by atoms with E-state index in [9.17, 15) is 0 Å². The van der Waals surface area contributed by atoms with Gasteiger partial charge in [0.1, 0.15) is 0 Å².